The molecule has 0 saturated heterocycles. The number of nitrogens with zero attached hydrogens (tertiary/aromatic N) is 1. The van der Waals surface area contributed by atoms with E-state index in [-0.39, 0.29) is 11.4 Å². The second-order valence-electron chi connectivity index (χ2n) is 3.69. The highest BCUT2D eigenvalue weighted by Crippen LogP contribution is 2.24. The van der Waals surface area contributed by atoms with Crippen molar-refractivity contribution in [2.24, 2.45) is 0 Å². The molecule has 0 bridgehead atoms. The second kappa shape index (κ2) is 4.33. The molecule has 0 fully saturated rings. The summed E-state index contributed by atoms with van der Waals surface area (Å²) < 4.78 is 13.4. The van der Waals surface area contributed by atoms with Gasteiger partial charge in [0.05, 0.1) is 5.56 Å². The lowest BCUT2D eigenvalue weighted by Gasteiger charge is -2.06. The third-order valence-corrected chi connectivity index (χ3v) is 2.53. The van der Waals surface area contributed by atoms with E-state index in [0.717, 1.165) is 0 Å². The number of halogens is 1. The van der Waals surface area contributed by atoms with Crippen molar-refractivity contribution in [3.05, 3.63) is 53.6 Å². The van der Waals surface area contributed by atoms with Crippen LogP contribution in [0.5, 0.6) is 0 Å². The summed E-state index contributed by atoms with van der Waals surface area (Å²) in [6.07, 6.45) is 2.75. The Kier molecular flexibility index (Phi) is 2.87. The van der Waals surface area contributed by atoms with Gasteiger partial charge in [-0.25, -0.2) is 9.18 Å². The molecule has 0 atom stereocenters. The lowest BCUT2D eigenvalue weighted by Crippen LogP contribution is -2.00. The summed E-state index contributed by atoms with van der Waals surface area (Å²) in [4.78, 5) is 14.8. The van der Waals surface area contributed by atoms with Crippen LogP contribution in [0, 0.1) is 12.7 Å². The first-order valence-corrected chi connectivity index (χ1v) is 5.03. The molecule has 3 nitrogen and oxygen atoms in total. The van der Waals surface area contributed by atoms with E-state index in [9.17, 15) is 9.18 Å². The van der Waals surface area contributed by atoms with Crippen molar-refractivity contribution in [2.75, 3.05) is 0 Å². The Hall–Kier alpha value is -2.23. The van der Waals surface area contributed by atoms with Crippen LogP contribution in [0.2, 0.25) is 0 Å². The summed E-state index contributed by atoms with van der Waals surface area (Å²) >= 11 is 0. The topological polar surface area (TPSA) is 50.2 Å². The Bertz CT molecular complexity index is 581. The van der Waals surface area contributed by atoms with Gasteiger partial charge in [-0.15, -0.1) is 0 Å². The number of carboxylic acid groups (broad SMARTS) is 1. The third kappa shape index (κ3) is 2.15. The zero-order valence-electron chi connectivity index (χ0n) is 9.14. The zero-order chi connectivity index (χ0) is 12.4. The molecule has 0 amide bonds. The number of hydrogen-bond acceptors (Lipinski definition) is 2. The number of benzene rings is 1. The Morgan fingerprint density at radius 3 is 2.76 bits per heavy atom. The predicted molar refractivity (Wildman–Crippen MR) is 61.3 cm³/mol. The number of hydrogen-bond donors (Lipinski definition) is 1. The Balaban J connectivity index is 2.60. The highest BCUT2D eigenvalue weighted by atomic mass is 19.1. The van der Waals surface area contributed by atoms with Gasteiger partial charge in [0.15, 0.2) is 0 Å². The fraction of sp³-hybridized carbons (Fsp3) is 0.0769. The van der Waals surface area contributed by atoms with Crippen LogP contribution in [0.1, 0.15) is 15.9 Å². The average Bonchev–Trinajstić information content (AvgIpc) is 2.32. The van der Waals surface area contributed by atoms with Crippen molar-refractivity contribution in [3.63, 3.8) is 0 Å². The molecule has 1 aromatic heterocycles. The molecular formula is C13H10FNO2. The summed E-state index contributed by atoms with van der Waals surface area (Å²) in [6.45, 7) is 1.66. The lowest BCUT2D eigenvalue weighted by atomic mass is 10.0. The number of aromatic carboxylic acids is 1. The van der Waals surface area contributed by atoms with Crippen LogP contribution in [0.25, 0.3) is 11.1 Å². The highest BCUT2D eigenvalue weighted by Gasteiger charge is 2.12. The van der Waals surface area contributed by atoms with Crippen molar-refractivity contribution >= 4 is 5.97 Å². The van der Waals surface area contributed by atoms with E-state index in [0.29, 0.717) is 16.7 Å². The Labute approximate surface area is 97.6 Å². The molecule has 1 heterocycles. The second-order valence-corrected chi connectivity index (χ2v) is 3.69. The molecule has 0 radical (unpaired) electrons. The molecular weight excluding hydrogens is 221 g/mol. The van der Waals surface area contributed by atoms with Crippen molar-refractivity contribution in [1.82, 2.24) is 4.98 Å². The minimum Gasteiger partial charge on any atom is -0.478 e. The summed E-state index contributed by atoms with van der Waals surface area (Å²) in [5, 5.41) is 9.02. The van der Waals surface area contributed by atoms with E-state index >= 15 is 0 Å². The molecule has 0 unspecified atom stereocenters. The molecule has 0 aliphatic carbocycles. The van der Waals surface area contributed by atoms with Crippen LogP contribution < -0.4 is 0 Å². The van der Waals surface area contributed by atoms with Gasteiger partial charge in [-0.05, 0) is 35.7 Å². The van der Waals surface area contributed by atoms with Crippen LogP contribution in [0.15, 0.2) is 36.7 Å². The van der Waals surface area contributed by atoms with Crippen molar-refractivity contribution in [1.29, 1.82) is 0 Å². The van der Waals surface area contributed by atoms with Gasteiger partial charge < -0.3 is 5.11 Å². The van der Waals surface area contributed by atoms with Gasteiger partial charge in [-0.3, -0.25) is 4.98 Å². The SMILES string of the molecule is Cc1ccc(-c2ccncc2C(=O)O)cc1F. The fourth-order valence-electron chi connectivity index (χ4n) is 1.58. The number of aryl methyl sites for hydroxylation is 1. The van der Waals surface area contributed by atoms with Crippen LogP contribution in [-0.2, 0) is 0 Å². The van der Waals surface area contributed by atoms with Gasteiger partial charge in [-0.1, -0.05) is 12.1 Å². The van der Waals surface area contributed by atoms with E-state index in [1.54, 1.807) is 25.1 Å². The first-order chi connectivity index (χ1) is 8.09. The quantitative estimate of drug-likeness (QED) is 0.864. The van der Waals surface area contributed by atoms with E-state index in [1.165, 1.54) is 18.5 Å². The molecule has 0 saturated carbocycles. The van der Waals surface area contributed by atoms with Gasteiger partial charge in [0.1, 0.15) is 5.82 Å². The highest BCUT2D eigenvalue weighted by molar-refractivity contribution is 5.95. The average molecular weight is 231 g/mol. The summed E-state index contributed by atoms with van der Waals surface area (Å²) in [7, 11) is 0. The van der Waals surface area contributed by atoms with Gasteiger partial charge in [0, 0.05) is 12.4 Å². The molecule has 1 aromatic carbocycles. The molecule has 2 rings (SSSR count). The van der Waals surface area contributed by atoms with Crippen molar-refractivity contribution < 1.29 is 14.3 Å². The number of aromatic nitrogens is 1. The van der Waals surface area contributed by atoms with Crippen LogP contribution in [0.4, 0.5) is 4.39 Å². The standard InChI is InChI=1S/C13H10FNO2/c1-8-2-3-9(6-12(8)14)10-4-5-15-7-11(10)13(16)17/h2-7H,1H3,(H,16,17). The first-order valence-electron chi connectivity index (χ1n) is 5.03. The lowest BCUT2D eigenvalue weighted by molar-refractivity contribution is 0.0697. The number of carboxylic acids is 1. The fourth-order valence-corrected chi connectivity index (χ4v) is 1.58. The molecule has 0 spiro atoms. The van der Waals surface area contributed by atoms with Gasteiger partial charge in [0.25, 0.3) is 0 Å². The molecule has 1 N–H and O–H groups in total. The van der Waals surface area contributed by atoms with Gasteiger partial charge >= 0.3 is 5.97 Å². The molecule has 17 heavy (non-hydrogen) atoms. The van der Waals surface area contributed by atoms with Gasteiger partial charge in [0.2, 0.25) is 0 Å². The largest absolute Gasteiger partial charge is 0.478 e. The van der Waals surface area contributed by atoms with E-state index in [1.807, 2.05) is 0 Å². The smallest absolute Gasteiger partial charge is 0.337 e. The van der Waals surface area contributed by atoms with Crippen LogP contribution >= 0.6 is 0 Å². The predicted octanol–water partition coefficient (Wildman–Crippen LogP) is 2.89. The van der Waals surface area contributed by atoms with Gasteiger partial charge in [-0.2, -0.15) is 0 Å². The monoisotopic (exact) mass is 231 g/mol. The summed E-state index contributed by atoms with van der Waals surface area (Å²) in [5.74, 6) is -1.43. The van der Waals surface area contributed by atoms with E-state index in [4.69, 9.17) is 5.11 Å². The third-order valence-electron chi connectivity index (χ3n) is 2.53. The molecule has 0 aliphatic heterocycles. The molecule has 4 heteroatoms. The van der Waals surface area contributed by atoms with Crippen molar-refractivity contribution in [3.8, 4) is 11.1 Å². The zero-order valence-corrected chi connectivity index (χ0v) is 9.14. The minimum absolute atomic E-state index is 0.0655. The molecule has 86 valence electrons. The molecule has 2 aromatic rings. The maximum atomic E-state index is 13.4. The first kappa shape index (κ1) is 11.3. The maximum Gasteiger partial charge on any atom is 0.337 e. The number of rotatable bonds is 2. The number of pyridine rings is 1. The number of carbonyl (C=O) groups is 1. The Morgan fingerprint density at radius 1 is 1.35 bits per heavy atom. The summed E-state index contributed by atoms with van der Waals surface area (Å²) in [6, 6.07) is 6.21. The van der Waals surface area contributed by atoms with E-state index < -0.39 is 5.97 Å². The van der Waals surface area contributed by atoms with Crippen molar-refractivity contribution in [2.45, 2.75) is 6.92 Å². The van der Waals surface area contributed by atoms with Crippen LogP contribution in [-0.4, -0.2) is 16.1 Å². The van der Waals surface area contributed by atoms with E-state index in [2.05, 4.69) is 4.98 Å². The maximum absolute atomic E-state index is 13.4. The normalized spacial score (nSPS) is 10.2. The minimum atomic E-state index is -1.07. The van der Waals surface area contributed by atoms with Crippen LogP contribution in [0.3, 0.4) is 0 Å². The summed E-state index contributed by atoms with van der Waals surface area (Å²) in [5.41, 5.74) is 1.59. The Morgan fingerprint density at radius 2 is 2.12 bits per heavy atom. The molecule has 0 aliphatic rings.